The first-order valence-electron chi connectivity index (χ1n) is 11.7. The van der Waals surface area contributed by atoms with Crippen molar-refractivity contribution in [1.29, 1.82) is 0 Å². The Balaban J connectivity index is 1.56. The van der Waals surface area contributed by atoms with E-state index in [1.807, 2.05) is 18.2 Å². The molecule has 1 saturated carbocycles. The molecule has 7 heteroatoms. The summed E-state index contributed by atoms with van der Waals surface area (Å²) in [5, 5.41) is 15.1. The van der Waals surface area contributed by atoms with Crippen LogP contribution in [0.4, 0.5) is 0 Å². The summed E-state index contributed by atoms with van der Waals surface area (Å²) in [6.45, 7) is 1.21. The van der Waals surface area contributed by atoms with Crippen molar-refractivity contribution in [3.8, 4) is 28.1 Å². The Morgan fingerprint density at radius 1 is 1.03 bits per heavy atom. The normalized spacial score (nSPS) is 18.1. The van der Waals surface area contributed by atoms with Gasteiger partial charge >= 0.3 is 5.97 Å². The van der Waals surface area contributed by atoms with Gasteiger partial charge in [-0.2, -0.15) is 5.10 Å². The van der Waals surface area contributed by atoms with E-state index in [1.165, 1.54) is 16.2 Å². The molecule has 0 bridgehead atoms. The lowest BCUT2D eigenvalue weighted by Crippen LogP contribution is -2.23. The third kappa shape index (κ3) is 5.83. The molecule has 2 aromatic carbocycles. The summed E-state index contributed by atoms with van der Waals surface area (Å²) in [4.78, 5) is 10.7. The molecule has 0 amide bonds. The number of carbonyl (C=O) groups is 1. The van der Waals surface area contributed by atoms with E-state index in [0.717, 1.165) is 49.2 Å². The van der Waals surface area contributed by atoms with Gasteiger partial charge in [0.15, 0.2) is 0 Å². The molecule has 1 aliphatic carbocycles. The lowest BCUT2D eigenvalue weighted by molar-refractivity contribution is -0.142. The molecule has 0 spiro atoms. The molecule has 1 aromatic heterocycles. The first-order chi connectivity index (χ1) is 16.6. The van der Waals surface area contributed by atoms with Crippen LogP contribution in [0, 0.1) is 11.8 Å². The standard InChI is InChI=1S/C27H32N2O4S/c1-32-23-14-12-22(13-15-23)26-25(21-6-4-3-5-7-21)27(34-2)29(28-26)16-19-8-10-20(11-9-19)17-33-18-24(30)31/h3-7,12-15,19-20H,8-11,16-18H2,1-2H3,(H,30,31)/t19-,20+. The SMILES string of the molecule is COc1ccc(-c2nn(C[C@H]3CC[C@@H](COCC(=O)O)CC3)c(SC)c2-c2ccccc2)cc1. The maximum atomic E-state index is 10.7. The van der Waals surface area contributed by atoms with Gasteiger partial charge in [-0.15, -0.1) is 11.8 Å². The number of benzene rings is 2. The van der Waals surface area contributed by atoms with Gasteiger partial charge in [0.05, 0.1) is 13.7 Å². The lowest BCUT2D eigenvalue weighted by atomic mass is 9.82. The van der Waals surface area contributed by atoms with Crippen LogP contribution in [-0.4, -0.2) is 47.4 Å². The van der Waals surface area contributed by atoms with Crippen LogP contribution in [-0.2, 0) is 16.1 Å². The Bertz CT molecular complexity index is 1070. The minimum Gasteiger partial charge on any atom is -0.497 e. The Morgan fingerprint density at radius 3 is 2.32 bits per heavy atom. The molecule has 0 radical (unpaired) electrons. The van der Waals surface area contributed by atoms with Gasteiger partial charge in [-0.25, -0.2) is 4.79 Å². The number of hydrogen-bond acceptors (Lipinski definition) is 5. The minimum atomic E-state index is -0.904. The van der Waals surface area contributed by atoms with E-state index in [4.69, 9.17) is 19.7 Å². The van der Waals surface area contributed by atoms with Gasteiger partial charge in [-0.1, -0.05) is 30.3 Å². The van der Waals surface area contributed by atoms with Crippen LogP contribution in [0.2, 0.25) is 0 Å². The summed E-state index contributed by atoms with van der Waals surface area (Å²) in [6, 6.07) is 18.6. The predicted molar refractivity (Wildman–Crippen MR) is 135 cm³/mol. The largest absolute Gasteiger partial charge is 0.497 e. The van der Waals surface area contributed by atoms with Crippen LogP contribution < -0.4 is 4.74 Å². The van der Waals surface area contributed by atoms with Gasteiger partial charge < -0.3 is 14.6 Å². The molecule has 0 atom stereocenters. The Hall–Kier alpha value is -2.77. The summed E-state index contributed by atoms with van der Waals surface area (Å²) in [6.07, 6.45) is 6.46. The van der Waals surface area contributed by atoms with E-state index >= 15 is 0 Å². The fourth-order valence-corrected chi connectivity index (χ4v) is 5.48. The number of thioether (sulfide) groups is 1. The molecule has 1 fully saturated rings. The summed E-state index contributed by atoms with van der Waals surface area (Å²) in [5.41, 5.74) is 4.42. The molecular formula is C27H32N2O4S. The average Bonchev–Trinajstić information content (AvgIpc) is 3.23. The Kier molecular flexibility index (Phi) is 8.29. The molecule has 0 unspecified atom stereocenters. The smallest absolute Gasteiger partial charge is 0.329 e. The number of carboxylic acid groups (broad SMARTS) is 1. The van der Waals surface area contributed by atoms with Crippen molar-refractivity contribution in [2.24, 2.45) is 11.8 Å². The van der Waals surface area contributed by atoms with Crippen LogP contribution in [0.5, 0.6) is 5.75 Å². The monoisotopic (exact) mass is 480 g/mol. The van der Waals surface area contributed by atoms with Crippen LogP contribution >= 0.6 is 11.8 Å². The average molecular weight is 481 g/mol. The first kappa shape index (κ1) is 24.4. The van der Waals surface area contributed by atoms with Crippen molar-refractivity contribution in [2.75, 3.05) is 26.6 Å². The predicted octanol–water partition coefficient (Wildman–Crippen LogP) is 5.86. The maximum Gasteiger partial charge on any atom is 0.329 e. The number of nitrogens with zero attached hydrogens (tertiary/aromatic N) is 2. The Labute approximate surface area is 205 Å². The fraction of sp³-hybridized carbons (Fsp3) is 0.407. The van der Waals surface area contributed by atoms with Crippen molar-refractivity contribution in [2.45, 2.75) is 37.3 Å². The zero-order valence-electron chi connectivity index (χ0n) is 19.8. The summed E-state index contributed by atoms with van der Waals surface area (Å²) < 4.78 is 12.9. The molecule has 180 valence electrons. The van der Waals surface area contributed by atoms with E-state index in [0.29, 0.717) is 18.4 Å². The summed E-state index contributed by atoms with van der Waals surface area (Å²) in [7, 11) is 1.68. The second-order valence-electron chi connectivity index (χ2n) is 8.81. The van der Waals surface area contributed by atoms with E-state index in [1.54, 1.807) is 18.9 Å². The molecule has 1 heterocycles. The van der Waals surface area contributed by atoms with Gasteiger partial charge in [0.1, 0.15) is 23.1 Å². The third-order valence-electron chi connectivity index (χ3n) is 6.50. The number of aliphatic carboxylic acids is 1. The van der Waals surface area contributed by atoms with E-state index in [-0.39, 0.29) is 6.61 Å². The number of aromatic nitrogens is 2. The van der Waals surface area contributed by atoms with Crippen LogP contribution in [0.1, 0.15) is 25.7 Å². The highest BCUT2D eigenvalue weighted by atomic mass is 32.2. The maximum absolute atomic E-state index is 10.7. The quantitative estimate of drug-likeness (QED) is 0.367. The highest BCUT2D eigenvalue weighted by Gasteiger charge is 2.26. The number of ether oxygens (including phenoxy) is 2. The molecule has 6 nitrogen and oxygen atoms in total. The highest BCUT2D eigenvalue weighted by molar-refractivity contribution is 7.98. The lowest BCUT2D eigenvalue weighted by Gasteiger charge is -2.28. The van der Waals surface area contributed by atoms with Crippen molar-refractivity contribution in [3.63, 3.8) is 0 Å². The van der Waals surface area contributed by atoms with Crippen LogP contribution in [0.25, 0.3) is 22.4 Å². The highest BCUT2D eigenvalue weighted by Crippen LogP contribution is 2.40. The second-order valence-corrected chi connectivity index (χ2v) is 9.60. The van der Waals surface area contributed by atoms with Crippen molar-refractivity contribution >= 4 is 17.7 Å². The van der Waals surface area contributed by atoms with Crippen molar-refractivity contribution < 1.29 is 19.4 Å². The van der Waals surface area contributed by atoms with E-state index < -0.39 is 5.97 Å². The van der Waals surface area contributed by atoms with Crippen molar-refractivity contribution in [1.82, 2.24) is 9.78 Å². The summed E-state index contributed by atoms with van der Waals surface area (Å²) >= 11 is 1.74. The number of hydrogen-bond donors (Lipinski definition) is 1. The Morgan fingerprint density at radius 2 is 1.71 bits per heavy atom. The zero-order valence-corrected chi connectivity index (χ0v) is 20.6. The van der Waals surface area contributed by atoms with Gasteiger partial charge in [0.2, 0.25) is 0 Å². The molecular weight excluding hydrogens is 448 g/mol. The van der Waals surface area contributed by atoms with E-state index in [9.17, 15) is 4.79 Å². The molecule has 1 aliphatic rings. The molecule has 4 rings (SSSR count). The van der Waals surface area contributed by atoms with E-state index in [2.05, 4.69) is 47.3 Å². The van der Waals surface area contributed by atoms with Crippen LogP contribution in [0.15, 0.2) is 59.6 Å². The first-order valence-corrected chi connectivity index (χ1v) is 13.0. The molecule has 0 saturated heterocycles. The third-order valence-corrected chi connectivity index (χ3v) is 7.30. The van der Waals surface area contributed by atoms with Gasteiger partial charge in [0, 0.05) is 17.7 Å². The number of carboxylic acids is 1. The van der Waals surface area contributed by atoms with Gasteiger partial charge in [-0.05, 0) is 73.6 Å². The topological polar surface area (TPSA) is 73.6 Å². The van der Waals surface area contributed by atoms with Gasteiger partial charge in [-0.3, -0.25) is 4.68 Å². The molecule has 34 heavy (non-hydrogen) atoms. The van der Waals surface area contributed by atoms with Gasteiger partial charge in [0.25, 0.3) is 0 Å². The molecule has 3 aromatic rings. The number of methoxy groups -OCH3 is 1. The number of rotatable bonds is 10. The van der Waals surface area contributed by atoms with Crippen LogP contribution in [0.3, 0.4) is 0 Å². The minimum absolute atomic E-state index is 0.208. The van der Waals surface area contributed by atoms with Crippen molar-refractivity contribution in [3.05, 3.63) is 54.6 Å². The molecule has 1 N–H and O–H groups in total. The summed E-state index contributed by atoms with van der Waals surface area (Å²) in [5.74, 6) is 0.925. The second kappa shape index (κ2) is 11.6. The zero-order chi connectivity index (χ0) is 23.9. The fourth-order valence-electron chi connectivity index (χ4n) is 4.73. The molecule has 0 aliphatic heterocycles.